The zero-order valence-corrected chi connectivity index (χ0v) is 20.0. The fourth-order valence-corrected chi connectivity index (χ4v) is 4.69. The van der Waals surface area contributed by atoms with Crippen molar-refractivity contribution in [1.82, 2.24) is 14.5 Å². The molecule has 1 aliphatic rings. The molecule has 32 heavy (non-hydrogen) atoms. The van der Waals surface area contributed by atoms with Crippen molar-refractivity contribution in [1.29, 1.82) is 0 Å². The Labute approximate surface area is 191 Å². The first-order valence-electron chi connectivity index (χ1n) is 11.8. The third kappa shape index (κ3) is 4.88. The third-order valence-corrected chi connectivity index (χ3v) is 6.42. The first kappa shape index (κ1) is 22.5. The zero-order valence-electron chi connectivity index (χ0n) is 20.0. The van der Waals surface area contributed by atoms with Gasteiger partial charge in [-0.1, -0.05) is 26.0 Å². The molecule has 0 unspecified atom stereocenters. The van der Waals surface area contributed by atoms with Gasteiger partial charge in [-0.25, -0.2) is 4.98 Å². The second-order valence-electron chi connectivity index (χ2n) is 9.73. The van der Waals surface area contributed by atoms with Gasteiger partial charge in [0.05, 0.1) is 10.9 Å². The standard InChI is InChI=1S/C27H35N3O2/c1-18(2)26-28-25-12-11-23(32-22-10-6-8-20(5)14-22)15-24(25)27(31)30(26)17-21-9-7-13-29(16-21)19(3)4/h6,8,10-12,14-15,18-19,21H,7,9,13,16-17H2,1-5H3/t21-/m0/s1. The number of piperidine rings is 1. The Balaban J connectivity index is 1.69. The monoisotopic (exact) mass is 433 g/mol. The number of nitrogens with zero attached hydrogens (tertiary/aromatic N) is 3. The van der Waals surface area contributed by atoms with Crippen molar-refractivity contribution in [3.63, 3.8) is 0 Å². The highest BCUT2D eigenvalue weighted by Gasteiger charge is 2.24. The summed E-state index contributed by atoms with van der Waals surface area (Å²) < 4.78 is 7.98. The second kappa shape index (κ2) is 9.45. The molecule has 1 saturated heterocycles. The van der Waals surface area contributed by atoms with Crippen LogP contribution in [0.15, 0.2) is 47.3 Å². The van der Waals surface area contributed by atoms with Crippen molar-refractivity contribution >= 4 is 10.9 Å². The summed E-state index contributed by atoms with van der Waals surface area (Å²) in [5, 5.41) is 0.621. The summed E-state index contributed by atoms with van der Waals surface area (Å²) in [4.78, 5) is 21.1. The van der Waals surface area contributed by atoms with E-state index in [0.29, 0.717) is 23.1 Å². The number of hydrogen-bond acceptors (Lipinski definition) is 4. The SMILES string of the molecule is Cc1cccc(Oc2ccc3nc(C(C)C)n(C[C@H]4CCCN(C(C)C)C4)c(=O)c3c2)c1. The maximum absolute atomic E-state index is 13.7. The van der Waals surface area contributed by atoms with Crippen LogP contribution in [0.1, 0.15) is 57.8 Å². The van der Waals surface area contributed by atoms with Gasteiger partial charge in [-0.2, -0.15) is 0 Å². The number of fused-ring (bicyclic) bond motifs is 1. The summed E-state index contributed by atoms with van der Waals surface area (Å²) in [5.41, 5.74) is 1.91. The molecule has 0 spiro atoms. The lowest BCUT2D eigenvalue weighted by molar-refractivity contribution is 0.129. The topological polar surface area (TPSA) is 47.4 Å². The number of likely N-dealkylation sites (tertiary alicyclic amines) is 1. The van der Waals surface area contributed by atoms with Crippen molar-refractivity contribution in [2.45, 2.75) is 66.0 Å². The molecule has 0 N–H and O–H groups in total. The molecule has 170 valence electrons. The molecule has 0 saturated carbocycles. The van der Waals surface area contributed by atoms with Gasteiger partial charge in [0.2, 0.25) is 0 Å². The van der Waals surface area contributed by atoms with Crippen LogP contribution in [0.5, 0.6) is 11.5 Å². The molecule has 1 aliphatic heterocycles. The molecular formula is C27H35N3O2. The molecule has 2 aromatic carbocycles. The lowest BCUT2D eigenvalue weighted by Crippen LogP contribution is -2.42. The van der Waals surface area contributed by atoms with Crippen LogP contribution in [-0.2, 0) is 6.54 Å². The predicted molar refractivity (Wildman–Crippen MR) is 131 cm³/mol. The average Bonchev–Trinajstić information content (AvgIpc) is 2.76. The average molecular weight is 434 g/mol. The lowest BCUT2D eigenvalue weighted by Gasteiger charge is -2.36. The fraction of sp³-hybridized carbons (Fsp3) is 0.481. The molecule has 0 radical (unpaired) electrons. The molecule has 1 atom stereocenters. The van der Waals surface area contributed by atoms with Crippen molar-refractivity contribution in [3.05, 3.63) is 64.2 Å². The molecule has 1 aromatic heterocycles. The second-order valence-corrected chi connectivity index (χ2v) is 9.73. The summed E-state index contributed by atoms with van der Waals surface area (Å²) in [6.45, 7) is 13.7. The molecule has 2 heterocycles. The lowest BCUT2D eigenvalue weighted by atomic mass is 9.96. The Bertz CT molecular complexity index is 1150. The van der Waals surface area contributed by atoms with Gasteiger partial charge in [0, 0.05) is 25.0 Å². The highest BCUT2D eigenvalue weighted by Crippen LogP contribution is 2.26. The Morgan fingerprint density at radius 2 is 1.88 bits per heavy atom. The van der Waals surface area contributed by atoms with E-state index in [4.69, 9.17) is 9.72 Å². The minimum Gasteiger partial charge on any atom is -0.457 e. The first-order valence-corrected chi connectivity index (χ1v) is 11.8. The van der Waals surface area contributed by atoms with Gasteiger partial charge in [0.1, 0.15) is 17.3 Å². The molecule has 5 heteroatoms. The van der Waals surface area contributed by atoms with E-state index in [1.165, 1.54) is 6.42 Å². The number of aryl methyl sites for hydroxylation is 1. The number of hydrogen-bond donors (Lipinski definition) is 0. The van der Waals surface area contributed by atoms with E-state index in [1.54, 1.807) is 0 Å². The van der Waals surface area contributed by atoms with Crippen LogP contribution in [0, 0.1) is 12.8 Å². The highest BCUT2D eigenvalue weighted by molar-refractivity contribution is 5.79. The van der Waals surface area contributed by atoms with Crippen LogP contribution >= 0.6 is 0 Å². The van der Waals surface area contributed by atoms with E-state index in [2.05, 4.69) is 32.6 Å². The molecule has 1 fully saturated rings. The van der Waals surface area contributed by atoms with Crippen LogP contribution in [0.25, 0.3) is 10.9 Å². The van der Waals surface area contributed by atoms with Crippen LogP contribution in [0.2, 0.25) is 0 Å². The fourth-order valence-electron chi connectivity index (χ4n) is 4.69. The summed E-state index contributed by atoms with van der Waals surface area (Å²) >= 11 is 0. The molecule has 5 nitrogen and oxygen atoms in total. The normalized spacial score (nSPS) is 17.4. The molecule has 3 aromatic rings. The number of aromatic nitrogens is 2. The molecule has 0 aliphatic carbocycles. The maximum Gasteiger partial charge on any atom is 0.261 e. The molecule has 0 bridgehead atoms. The maximum atomic E-state index is 13.7. The van der Waals surface area contributed by atoms with Gasteiger partial charge < -0.3 is 9.64 Å². The van der Waals surface area contributed by atoms with Gasteiger partial charge in [-0.05, 0) is 82.0 Å². The minimum absolute atomic E-state index is 0.0371. The highest BCUT2D eigenvalue weighted by atomic mass is 16.5. The molecule has 0 amide bonds. The summed E-state index contributed by atoms with van der Waals surface area (Å²) in [6, 6.07) is 14.1. The number of ether oxygens (including phenoxy) is 1. The van der Waals surface area contributed by atoms with Crippen molar-refractivity contribution in [2.75, 3.05) is 13.1 Å². The van der Waals surface area contributed by atoms with Crippen molar-refractivity contribution in [3.8, 4) is 11.5 Å². The number of benzene rings is 2. The Morgan fingerprint density at radius 1 is 1.09 bits per heavy atom. The van der Waals surface area contributed by atoms with Gasteiger partial charge in [0.25, 0.3) is 5.56 Å². The third-order valence-electron chi connectivity index (χ3n) is 6.42. The smallest absolute Gasteiger partial charge is 0.261 e. The van der Waals surface area contributed by atoms with E-state index in [1.807, 2.05) is 54.0 Å². The van der Waals surface area contributed by atoms with Crippen molar-refractivity contribution in [2.24, 2.45) is 5.92 Å². The zero-order chi connectivity index (χ0) is 22.8. The summed E-state index contributed by atoms with van der Waals surface area (Å²) in [6.07, 6.45) is 2.34. The van der Waals surface area contributed by atoms with Crippen molar-refractivity contribution < 1.29 is 4.74 Å². The Morgan fingerprint density at radius 3 is 2.59 bits per heavy atom. The van der Waals surface area contributed by atoms with Crippen LogP contribution in [-0.4, -0.2) is 33.6 Å². The van der Waals surface area contributed by atoms with Crippen LogP contribution in [0.3, 0.4) is 0 Å². The van der Waals surface area contributed by atoms with E-state index in [9.17, 15) is 4.79 Å². The summed E-state index contributed by atoms with van der Waals surface area (Å²) in [5.74, 6) is 2.95. The molecule has 4 rings (SSSR count). The largest absolute Gasteiger partial charge is 0.457 e. The van der Waals surface area contributed by atoms with E-state index in [-0.39, 0.29) is 11.5 Å². The Hall–Kier alpha value is -2.66. The van der Waals surface area contributed by atoms with E-state index in [0.717, 1.165) is 48.7 Å². The van der Waals surface area contributed by atoms with E-state index >= 15 is 0 Å². The van der Waals surface area contributed by atoms with E-state index < -0.39 is 0 Å². The van der Waals surface area contributed by atoms with Gasteiger partial charge in [0.15, 0.2) is 0 Å². The van der Waals surface area contributed by atoms with Gasteiger partial charge >= 0.3 is 0 Å². The minimum atomic E-state index is 0.0371. The quantitative estimate of drug-likeness (QED) is 0.497. The Kier molecular flexibility index (Phi) is 6.66. The predicted octanol–water partition coefficient (Wildman–Crippen LogP) is 5.74. The van der Waals surface area contributed by atoms with Crippen LogP contribution in [0.4, 0.5) is 0 Å². The van der Waals surface area contributed by atoms with Gasteiger partial charge in [-0.3, -0.25) is 9.36 Å². The molecular weight excluding hydrogens is 398 g/mol. The first-order chi connectivity index (χ1) is 15.3. The number of rotatable bonds is 6. The van der Waals surface area contributed by atoms with Crippen LogP contribution < -0.4 is 10.3 Å². The summed E-state index contributed by atoms with van der Waals surface area (Å²) in [7, 11) is 0. The van der Waals surface area contributed by atoms with Gasteiger partial charge in [-0.15, -0.1) is 0 Å².